The zero-order chi connectivity index (χ0) is 20.2. The fourth-order valence-corrected chi connectivity index (χ4v) is 3.60. The molecule has 0 atom stereocenters. The van der Waals surface area contributed by atoms with Gasteiger partial charge in [0.1, 0.15) is 6.61 Å². The van der Waals surface area contributed by atoms with E-state index >= 15 is 0 Å². The molecule has 3 aromatic rings. The first-order valence-electron chi connectivity index (χ1n) is 9.37. The second kappa shape index (κ2) is 8.18. The van der Waals surface area contributed by atoms with Crippen molar-refractivity contribution in [2.75, 3.05) is 6.61 Å². The predicted molar refractivity (Wildman–Crippen MR) is 104 cm³/mol. The van der Waals surface area contributed by atoms with Gasteiger partial charge in [-0.1, -0.05) is 53.7 Å². The van der Waals surface area contributed by atoms with Crippen LogP contribution in [0.1, 0.15) is 34.9 Å². The van der Waals surface area contributed by atoms with Crippen LogP contribution in [0.2, 0.25) is 0 Å². The van der Waals surface area contributed by atoms with Gasteiger partial charge in [-0.05, 0) is 22.3 Å². The third kappa shape index (κ3) is 4.13. The van der Waals surface area contributed by atoms with Gasteiger partial charge in [0.25, 0.3) is 0 Å². The van der Waals surface area contributed by atoms with Gasteiger partial charge in [-0.25, -0.2) is 4.79 Å². The number of hydrogen-bond acceptors (Lipinski definition) is 5. The summed E-state index contributed by atoms with van der Waals surface area (Å²) in [7, 11) is 0. The number of carboxylic acids is 1. The molecule has 7 nitrogen and oxygen atoms in total. The van der Waals surface area contributed by atoms with E-state index < -0.39 is 12.1 Å². The monoisotopic (exact) mass is 392 g/mol. The van der Waals surface area contributed by atoms with Crippen molar-refractivity contribution in [2.45, 2.75) is 25.3 Å². The Bertz CT molecular complexity index is 997. The highest BCUT2D eigenvalue weighted by molar-refractivity contribution is 5.79. The number of carbonyl (C=O) groups is 2. The van der Waals surface area contributed by atoms with Gasteiger partial charge in [-0.15, -0.1) is 0 Å². The zero-order valence-corrected chi connectivity index (χ0v) is 15.6. The summed E-state index contributed by atoms with van der Waals surface area (Å²) in [4.78, 5) is 22.7. The second-order valence-electron chi connectivity index (χ2n) is 6.86. The van der Waals surface area contributed by atoms with Crippen molar-refractivity contribution in [3.05, 3.63) is 77.2 Å². The van der Waals surface area contributed by atoms with Crippen LogP contribution < -0.4 is 5.32 Å². The lowest BCUT2D eigenvalue weighted by molar-refractivity contribution is -0.136. The second-order valence-corrected chi connectivity index (χ2v) is 6.86. The first-order valence-corrected chi connectivity index (χ1v) is 9.37. The highest BCUT2D eigenvalue weighted by atomic mass is 16.5. The fraction of sp³-hybridized carbons (Fsp3) is 0.227. The summed E-state index contributed by atoms with van der Waals surface area (Å²) in [5, 5.41) is 15.1. The molecular formula is C22H20N2O5. The first-order chi connectivity index (χ1) is 14.1. The van der Waals surface area contributed by atoms with Crippen molar-refractivity contribution in [1.82, 2.24) is 10.5 Å². The standard InChI is InChI=1S/C22H20N2O5/c25-21(26)10-9-14-11-15(29-24-14)12-23-22(27)28-13-20-18-7-3-1-5-16(18)17-6-2-4-8-19(17)20/h1-8,11,20H,9-10,12-13H2,(H,23,27)(H,25,26). The molecular weight excluding hydrogens is 372 g/mol. The van der Waals surface area contributed by atoms with Crippen molar-refractivity contribution >= 4 is 12.1 Å². The van der Waals surface area contributed by atoms with E-state index in [0.29, 0.717) is 11.5 Å². The molecule has 2 N–H and O–H groups in total. The van der Waals surface area contributed by atoms with Crippen LogP contribution in [-0.4, -0.2) is 28.9 Å². The number of hydrogen-bond donors (Lipinski definition) is 2. The molecule has 148 valence electrons. The fourth-order valence-electron chi connectivity index (χ4n) is 3.60. The van der Waals surface area contributed by atoms with Crippen LogP contribution >= 0.6 is 0 Å². The van der Waals surface area contributed by atoms with Crippen molar-refractivity contribution in [1.29, 1.82) is 0 Å². The van der Waals surface area contributed by atoms with Crippen molar-refractivity contribution in [3.63, 3.8) is 0 Å². The Morgan fingerprint density at radius 3 is 2.38 bits per heavy atom. The Kier molecular flexibility index (Phi) is 5.29. The maximum absolute atomic E-state index is 12.1. The summed E-state index contributed by atoms with van der Waals surface area (Å²) in [6.07, 6.45) is -0.286. The van der Waals surface area contributed by atoms with Gasteiger partial charge in [-0.3, -0.25) is 4.79 Å². The molecule has 29 heavy (non-hydrogen) atoms. The minimum Gasteiger partial charge on any atom is -0.481 e. The lowest BCUT2D eigenvalue weighted by Gasteiger charge is -2.14. The van der Waals surface area contributed by atoms with E-state index in [9.17, 15) is 9.59 Å². The molecule has 0 radical (unpaired) electrons. The smallest absolute Gasteiger partial charge is 0.407 e. The van der Waals surface area contributed by atoms with Crippen LogP contribution in [0.3, 0.4) is 0 Å². The van der Waals surface area contributed by atoms with Gasteiger partial charge in [0.15, 0.2) is 5.76 Å². The van der Waals surface area contributed by atoms with Crippen molar-refractivity contribution in [2.24, 2.45) is 0 Å². The van der Waals surface area contributed by atoms with E-state index in [1.54, 1.807) is 6.07 Å². The topological polar surface area (TPSA) is 102 Å². The third-order valence-electron chi connectivity index (χ3n) is 4.95. The maximum atomic E-state index is 12.1. The van der Waals surface area contributed by atoms with Gasteiger partial charge in [-0.2, -0.15) is 0 Å². The molecule has 0 aliphatic heterocycles. The average Bonchev–Trinajstić information content (AvgIpc) is 3.32. The summed E-state index contributed by atoms with van der Waals surface area (Å²) < 4.78 is 10.6. The number of aromatic nitrogens is 1. The predicted octanol–water partition coefficient (Wildman–Crippen LogP) is 3.73. The summed E-state index contributed by atoms with van der Waals surface area (Å²) in [6.45, 7) is 0.358. The number of rotatable bonds is 7. The molecule has 1 heterocycles. The SMILES string of the molecule is O=C(O)CCc1cc(CNC(=O)OCC2c3ccccc3-c3ccccc32)on1. The summed E-state index contributed by atoms with van der Waals surface area (Å²) in [5.41, 5.74) is 5.19. The van der Waals surface area contributed by atoms with E-state index in [1.807, 2.05) is 24.3 Å². The van der Waals surface area contributed by atoms with E-state index in [2.05, 4.69) is 34.7 Å². The van der Waals surface area contributed by atoms with Crippen molar-refractivity contribution in [3.8, 4) is 11.1 Å². The molecule has 1 aromatic heterocycles. The van der Waals surface area contributed by atoms with E-state index in [0.717, 1.165) is 11.1 Å². The normalized spacial score (nSPS) is 12.3. The van der Waals surface area contributed by atoms with Gasteiger partial charge in [0.05, 0.1) is 18.7 Å². The van der Waals surface area contributed by atoms with Gasteiger partial charge in [0.2, 0.25) is 0 Å². The summed E-state index contributed by atoms with van der Waals surface area (Å²) in [5.74, 6) is -0.453. The molecule has 0 bridgehead atoms. The number of aliphatic carboxylic acids is 1. The van der Waals surface area contributed by atoms with Gasteiger partial charge >= 0.3 is 12.1 Å². The summed E-state index contributed by atoms with van der Waals surface area (Å²) in [6, 6.07) is 17.9. The van der Waals surface area contributed by atoms with Crippen LogP contribution in [0.25, 0.3) is 11.1 Å². The quantitative estimate of drug-likeness (QED) is 0.635. The Labute approximate surface area is 167 Å². The molecule has 1 amide bonds. The van der Waals surface area contributed by atoms with E-state index in [-0.39, 0.29) is 31.9 Å². The molecule has 0 saturated heterocycles. The number of fused-ring (bicyclic) bond motifs is 3. The lowest BCUT2D eigenvalue weighted by atomic mass is 9.98. The van der Waals surface area contributed by atoms with Gasteiger partial charge in [0, 0.05) is 18.4 Å². The van der Waals surface area contributed by atoms with E-state index in [4.69, 9.17) is 14.4 Å². The number of amides is 1. The molecule has 0 fully saturated rings. The zero-order valence-electron chi connectivity index (χ0n) is 15.6. The molecule has 0 spiro atoms. The van der Waals surface area contributed by atoms with E-state index in [1.165, 1.54) is 11.1 Å². The molecule has 7 heteroatoms. The Morgan fingerprint density at radius 2 is 1.72 bits per heavy atom. The molecule has 1 aliphatic rings. The number of carboxylic acid groups (broad SMARTS) is 1. The van der Waals surface area contributed by atoms with Crippen LogP contribution in [0.15, 0.2) is 59.1 Å². The number of nitrogens with zero attached hydrogens (tertiary/aromatic N) is 1. The Hall–Kier alpha value is -3.61. The average molecular weight is 392 g/mol. The number of alkyl carbamates (subject to hydrolysis) is 1. The van der Waals surface area contributed by atoms with Crippen LogP contribution in [0.5, 0.6) is 0 Å². The first kappa shape index (κ1) is 18.7. The third-order valence-corrected chi connectivity index (χ3v) is 4.95. The summed E-state index contributed by atoms with van der Waals surface area (Å²) >= 11 is 0. The Morgan fingerprint density at radius 1 is 1.07 bits per heavy atom. The largest absolute Gasteiger partial charge is 0.481 e. The van der Waals surface area contributed by atoms with Crippen LogP contribution in [0.4, 0.5) is 4.79 Å². The number of benzene rings is 2. The molecule has 2 aromatic carbocycles. The minimum absolute atomic E-state index is 0.000973. The Balaban J connectivity index is 1.33. The highest BCUT2D eigenvalue weighted by Crippen LogP contribution is 2.44. The molecule has 1 aliphatic carbocycles. The number of aryl methyl sites for hydroxylation is 1. The molecule has 0 unspecified atom stereocenters. The van der Waals surface area contributed by atoms with Crippen LogP contribution in [0, 0.1) is 0 Å². The molecule has 0 saturated carbocycles. The minimum atomic E-state index is -0.897. The lowest BCUT2D eigenvalue weighted by Crippen LogP contribution is -2.25. The number of ether oxygens (including phenoxy) is 1. The number of carbonyl (C=O) groups excluding carboxylic acids is 1. The van der Waals surface area contributed by atoms with Crippen LogP contribution in [-0.2, 0) is 22.5 Å². The van der Waals surface area contributed by atoms with Crippen molar-refractivity contribution < 1.29 is 24.0 Å². The highest BCUT2D eigenvalue weighted by Gasteiger charge is 2.28. The number of nitrogens with one attached hydrogen (secondary N) is 1. The maximum Gasteiger partial charge on any atom is 0.407 e. The van der Waals surface area contributed by atoms with Gasteiger partial charge < -0.3 is 19.7 Å². The molecule has 4 rings (SSSR count).